The summed E-state index contributed by atoms with van der Waals surface area (Å²) in [6.07, 6.45) is 11.0. The molecule has 1 aromatic carbocycles. The molecule has 168 valence electrons. The van der Waals surface area contributed by atoms with Crippen molar-refractivity contribution in [2.75, 3.05) is 6.54 Å². The molecule has 1 aromatic rings. The predicted octanol–water partition coefficient (Wildman–Crippen LogP) is 5.70. The second kappa shape index (κ2) is 7.94. The molecule has 1 unspecified atom stereocenters. The van der Waals surface area contributed by atoms with Gasteiger partial charge in [0.1, 0.15) is 5.71 Å². The van der Waals surface area contributed by atoms with Gasteiger partial charge in [-0.2, -0.15) is 5.10 Å². The Morgan fingerprint density at radius 3 is 2.48 bits per heavy atom. The first-order chi connectivity index (χ1) is 14.9. The summed E-state index contributed by atoms with van der Waals surface area (Å²) < 4.78 is 0. The lowest BCUT2D eigenvalue weighted by Gasteiger charge is -2.39. The average Bonchev–Trinajstić information content (AvgIpc) is 3.35. The number of carbonyl (C=O) groups is 1. The van der Waals surface area contributed by atoms with Crippen molar-refractivity contribution < 1.29 is 4.79 Å². The molecule has 3 aliphatic carbocycles. The normalized spacial score (nSPS) is 34.7. The van der Waals surface area contributed by atoms with Crippen LogP contribution in [0.4, 0.5) is 0 Å². The minimum atomic E-state index is 0.0710. The molecule has 31 heavy (non-hydrogen) atoms. The van der Waals surface area contributed by atoms with Crippen molar-refractivity contribution in [2.24, 2.45) is 27.8 Å². The van der Waals surface area contributed by atoms with Gasteiger partial charge in [0.05, 0.1) is 6.04 Å². The van der Waals surface area contributed by atoms with Crippen LogP contribution >= 0.6 is 0 Å². The van der Waals surface area contributed by atoms with Gasteiger partial charge in [-0.3, -0.25) is 9.80 Å². The molecule has 0 aromatic heterocycles. The highest BCUT2D eigenvalue weighted by Gasteiger charge is 2.61. The van der Waals surface area contributed by atoms with Gasteiger partial charge in [-0.25, -0.2) is 0 Å². The quantitative estimate of drug-likeness (QED) is 0.663. The van der Waals surface area contributed by atoms with Gasteiger partial charge in [0, 0.05) is 19.0 Å². The Labute approximate surface area is 187 Å². The van der Waals surface area contributed by atoms with Gasteiger partial charge in [-0.15, -0.1) is 0 Å². The van der Waals surface area contributed by atoms with Crippen molar-refractivity contribution in [2.45, 2.75) is 90.6 Å². The molecule has 4 heteroatoms. The molecule has 0 spiro atoms. The van der Waals surface area contributed by atoms with Crippen LogP contribution in [0.2, 0.25) is 0 Å². The summed E-state index contributed by atoms with van der Waals surface area (Å²) in [5, 5.41) is 10.6. The number of nitrogens with one attached hydrogen (secondary N) is 1. The fraction of sp³-hybridized carbons (Fsp3) is 0.704. The molecule has 4 atom stereocenters. The number of amides is 1. The molecule has 1 N–H and O–H groups in total. The monoisotopic (exact) mass is 421 g/mol. The first kappa shape index (κ1) is 21.0. The Balaban J connectivity index is 1.32. The molecule has 1 heterocycles. The van der Waals surface area contributed by atoms with Crippen LogP contribution in [0.25, 0.3) is 0 Å². The molecule has 3 fully saturated rings. The maximum atomic E-state index is 13.4. The van der Waals surface area contributed by atoms with E-state index >= 15 is 0 Å². The van der Waals surface area contributed by atoms with E-state index in [4.69, 9.17) is 5.10 Å². The number of nitrogens with zero attached hydrogens (tertiary/aromatic N) is 2. The first-order valence-corrected chi connectivity index (χ1v) is 12.6. The van der Waals surface area contributed by atoms with Crippen LogP contribution < -0.4 is 5.32 Å². The molecular weight excluding hydrogens is 382 g/mol. The van der Waals surface area contributed by atoms with E-state index in [1.54, 1.807) is 0 Å². The van der Waals surface area contributed by atoms with Crippen molar-refractivity contribution in [3.63, 3.8) is 0 Å². The lowest BCUT2D eigenvalue weighted by Crippen LogP contribution is -2.48. The van der Waals surface area contributed by atoms with Crippen molar-refractivity contribution >= 4 is 11.6 Å². The summed E-state index contributed by atoms with van der Waals surface area (Å²) in [6.45, 7) is 8.18. The van der Waals surface area contributed by atoms with Crippen LogP contribution in [0.15, 0.2) is 35.4 Å². The molecule has 0 saturated heterocycles. The Kier molecular flexibility index (Phi) is 5.38. The van der Waals surface area contributed by atoms with Gasteiger partial charge >= 0.3 is 0 Å². The Bertz CT molecular complexity index is 841. The molecule has 1 amide bonds. The summed E-state index contributed by atoms with van der Waals surface area (Å²) in [6, 6.07) is 11.1. The standard InChI is InChI=1S/C27H39N3O/c1-26(2)21-14-15-27(26,3)24(16-21)28-25(31)22-17-23(20-12-8-5-9-13-20)30(29-22)18-19-10-6-4-7-11-19/h5,8-9,12-13,19,21,23-24H,4,6-7,10-11,14-18H2,1-3H3,(H,28,31)/t21-,23?,24+,27+/m1/s1. The number of benzene rings is 1. The third kappa shape index (κ3) is 3.60. The molecule has 3 saturated carbocycles. The number of hydrazone groups is 1. The molecule has 1 aliphatic heterocycles. The maximum absolute atomic E-state index is 13.4. The van der Waals surface area contributed by atoms with Crippen LogP contribution in [-0.2, 0) is 4.79 Å². The summed E-state index contributed by atoms with van der Waals surface area (Å²) in [7, 11) is 0. The zero-order valence-electron chi connectivity index (χ0n) is 19.6. The van der Waals surface area contributed by atoms with E-state index in [1.165, 1.54) is 50.5 Å². The van der Waals surface area contributed by atoms with Crippen molar-refractivity contribution in [3.8, 4) is 0 Å². The van der Waals surface area contributed by atoms with E-state index in [2.05, 4.69) is 61.4 Å². The van der Waals surface area contributed by atoms with Gasteiger partial charge in [0.15, 0.2) is 0 Å². The number of hydrogen-bond acceptors (Lipinski definition) is 3. The van der Waals surface area contributed by atoms with Crippen molar-refractivity contribution in [1.29, 1.82) is 0 Å². The number of rotatable bonds is 5. The van der Waals surface area contributed by atoms with Crippen molar-refractivity contribution in [1.82, 2.24) is 10.3 Å². The minimum Gasteiger partial charge on any atom is -0.348 e. The average molecular weight is 422 g/mol. The van der Waals surface area contributed by atoms with Crippen LogP contribution in [0.1, 0.15) is 90.2 Å². The van der Waals surface area contributed by atoms with E-state index in [9.17, 15) is 4.79 Å². The van der Waals surface area contributed by atoms with E-state index in [0.717, 1.165) is 31.0 Å². The lowest BCUT2D eigenvalue weighted by molar-refractivity contribution is -0.116. The van der Waals surface area contributed by atoms with Gasteiger partial charge in [-0.05, 0) is 60.3 Å². The minimum absolute atomic E-state index is 0.0710. The number of hydrogen-bond donors (Lipinski definition) is 1. The highest BCUT2D eigenvalue weighted by Crippen LogP contribution is 2.65. The molecule has 4 nitrogen and oxygen atoms in total. The summed E-state index contributed by atoms with van der Waals surface area (Å²) >= 11 is 0. The Morgan fingerprint density at radius 2 is 1.84 bits per heavy atom. The maximum Gasteiger partial charge on any atom is 0.267 e. The van der Waals surface area contributed by atoms with E-state index < -0.39 is 0 Å². The zero-order valence-corrected chi connectivity index (χ0v) is 19.6. The fourth-order valence-electron chi connectivity index (χ4n) is 7.12. The van der Waals surface area contributed by atoms with Gasteiger partial charge in [0.2, 0.25) is 0 Å². The summed E-state index contributed by atoms with van der Waals surface area (Å²) in [4.78, 5) is 13.4. The molecule has 2 bridgehead atoms. The summed E-state index contributed by atoms with van der Waals surface area (Å²) in [5.74, 6) is 1.51. The second-order valence-electron chi connectivity index (χ2n) is 11.4. The first-order valence-electron chi connectivity index (χ1n) is 12.6. The third-order valence-electron chi connectivity index (χ3n) is 9.71. The van der Waals surface area contributed by atoms with E-state index in [1.807, 2.05) is 0 Å². The van der Waals surface area contributed by atoms with Crippen LogP contribution in [0, 0.1) is 22.7 Å². The Morgan fingerprint density at radius 1 is 1.10 bits per heavy atom. The third-order valence-corrected chi connectivity index (χ3v) is 9.71. The fourth-order valence-corrected chi connectivity index (χ4v) is 7.12. The largest absolute Gasteiger partial charge is 0.348 e. The highest BCUT2D eigenvalue weighted by molar-refractivity contribution is 6.39. The SMILES string of the molecule is CC1(C)[C@@H]2CC[C@@]1(C)[C@@H](NC(=O)C1=NN(CC3CCCCC3)C(c3ccccc3)C1)C2. The topological polar surface area (TPSA) is 44.7 Å². The van der Waals surface area contributed by atoms with Gasteiger partial charge in [-0.1, -0.05) is 70.4 Å². The van der Waals surface area contributed by atoms with Crippen molar-refractivity contribution in [3.05, 3.63) is 35.9 Å². The van der Waals surface area contributed by atoms with Crippen LogP contribution in [-0.4, -0.2) is 29.2 Å². The predicted molar refractivity (Wildman–Crippen MR) is 126 cm³/mol. The van der Waals surface area contributed by atoms with E-state index in [0.29, 0.717) is 11.3 Å². The van der Waals surface area contributed by atoms with E-state index in [-0.39, 0.29) is 23.4 Å². The smallest absolute Gasteiger partial charge is 0.267 e. The molecule has 0 radical (unpaired) electrons. The molecular formula is C27H39N3O. The van der Waals surface area contributed by atoms with Gasteiger partial charge in [0.25, 0.3) is 5.91 Å². The second-order valence-corrected chi connectivity index (χ2v) is 11.4. The van der Waals surface area contributed by atoms with Gasteiger partial charge < -0.3 is 5.32 Å². The molecule has 5 rings (SSSR count). The van der Waals surface area contributed by atoms with Crippen LogP contribution in [0.3, 0.4) is 0 Å². The number of carbonyl (C=O) groups excluding carboxylic acids is 1. The lowest BCUT2D eigenvalue weighted by atomic mass is 9.69. The zero-order chi connectivity index (χ0) is 21.6. The Hall–Kier alpha value is -1.84. The van der Waals surface area contributed by atoms with Crippen LogP contribution in [0.5, 0.6) is 0 Å². The molecule has 4 aliphatic rings. The highest BCUT2D eigenvalue weighted by atomic mass is 16.2. The summed E-state index contributed by atoms with van der Waals surface area (Å²) in [5.41, 5.74) is 2.52. The number of fused-ring (bicyclic) bond motifs is 2.